The van der Waals surface area contributed by atoms with Crippen LogP contribution in [0, 0.1) is 6.92 Å². The van der Waals surface area contributed by atoms with Crippen molar-refractivity contribution in [1.29, 1.82) is 0 Å². The number of rotatable bonds is 6. The second kappa shape index (κ2) is 7.86. The zero-order valence-electron chi connectivity index (χ0n) is 15.0. The monoisotopic (exact) mass is 327 g/mol. The number of hydrogen-bond donors (Lipinski definition) is 1. The molecule has 2 aromatic rings. The molecule has 0 aliphatic carbocycles. The molecule has 0 radical (unpaired) electrons. The SMILES string of the molecule is COc1ccc(CC(=O)Nc2c(C)cccc2C(C)C)cc1OC. The van der Waals surface area contributed by atoms with Crippen molar-refractivity contribution in [2.75, 3.05) is 19.5 Å². The molecule has 4 heteroatoms. The molecule has 0 saturated heterocycles. The smallest absolute Gasteiger partial charge is 0.228 e. The first kappa shape index (κ1) is 17.9. The third kappa shape index (κ3) is 4.07. The maximum atomic E-state index is 12.5. The van der Waals surface area contributed by atoms with E-state index < -0.39 is 0 Å². The molecule has 128 valence electrons. The van der Waals surface area contributed by atoms with Crippen LogP contribution in [0.4, 0.5) is 5.69 Å². The van der Waals surface area contributed by atoms with Gasteiger partial charge in [-0.25, -0.2) is 0 Å². The second-order valence-corrected chi connectivity index (χ2v) is 6.11. The number of methoxy groups -OCH3 is 2. The van der Waals surface area contributed by atoms with Crippen LogP contribution in [0.2, 0.25) is 0 Å². The van der Waals surface area contributed by atoms with E-state index in [4.69, 9.17) is 9.47 Å². The van der Waals surface area contributed by atoms with Crippen molar-refractivity contribution in [3.63, 3.8) is 0 Å². The molecule has 1 N–H and O–H groups in total. The van der Waals surface area contributed by atoms with E-state index in [1.807, 2.05) is 37.3 Å². The quantitative estimate of drug-likeness (QED) is 0.859. The van der Waals surface area contributed by atoms with Gasteiger partial charge in [-0.1, -0.05) is 38.1 Å². The number of benzene rings is 2. The third-order valence-electron chi connectivity index (χ3n) is 4.00. The van der Waals surface area contributed by atoms with Crippen LogP contribution in [0.3, 0.4) is 0 Å². The Morgan fingerprint density at radius 3 is 2.42 bits per heavy atom. The van der Waals surface area contributed by atoms with Crippen molar-refractivity contribution >= 4 is 11.6 Å². The van der Waals surface area contributed by atoms with Gasteiger partial charge in [-0.3, -0.25) is 4.79 Å². The zero-order chi connectivity index (χ0) is 17.7. The lowest BCUT2D eigenvalue weighted by atomic mass is 9.98. The molecule has 2 aromatic carbocycles. The van der Waals surface area contributed by atoms with E-state index in [0.717, 1.165) is 22.4 Å². The summed E-state index contributed by atoms with van der Waals surface area (Å²) >= 11 is 0. The van der Waals surface area contributed by atoms with Crippen LogP contribution >= 0.6 is 0 Å². The summed E-state index contributed by atoms with van der Waals surface area (Å²) in [7, 11) is 3.18. The van der Waals surface area contributed by atoms with Gasteiger partial charge >= 0.3 is 0 Å². The minimum Gasteiger partial charge on any atom is -0.493 e. The van der Waals surface area contributed by atoms with Gasteiger partial charge in [0.2, 0.25) is 5.91 Å². The molecular weight excluding hydrogens is 302 g/mol. The Morgan fingerprint density at radius 1 is 1.08 bits per heavy atom. The number of aryl methyl sites for hydroxylation is 1. The maximum absolute atomic E-state index is 12.5. The van der Waals surface area contributed by atoms with Gasteiger partial charge in [0.15, 0.2) is 11.5 Å². The fourth-order valence-corrected chi connectivity index (χ4v) is 2.70. The van der Waals surface area contributed by atoms with E-state index in [0.29, 0.717) is 17.4 Å². The summed E-state index contributed by atoms with van der Waals surface area (Å²) in [6, 6.07) is 11.6. The van der Waals surface area contributed by atoms with Gasteiger partial charge in [-0.2, -0.15) is 0 Å². The summed E-state index contributed by atoms with van der Waals surface area (Å²) in [5.74, 6) is 1.59. The van der Waals surface area contributed by atoms with Crippen LogP contribution in [-0.2, 0) is 11.2 Å². The Bertz CT molecular complexity index is 723. The molecule has 0 spiro atoms. The van der Waals surface area contributed by atoms with Crippen LogP contribution in [0.5, 0.6) is 11.5 Å². The summed E-state index contributed by atoms with van der Waals surface area (Å²) in [5, 5.41) is 3.06. The van der Waals surface area contributed by atoms with E-state index in [9.17, 15) is 4.79 Å². The standard InChI is InChI=1S/C20H25NO3/c1-13(2)16-8-6-7-14(3)20(16)21-19(22)12-15-9-10-17(23-4)18(11-15)24-5/h6-11,13H,12H2,1-5H3,(H,21,22). The van der Waals surface area contributed by atoms with Crippen molar-refractivity contribution < 1.29 is 14.3 Å². The van der Waals surface area contributed by atoms with E-state index in [1.165, 1.54) is 0 Å². The number of carbonyl (C=O) groups is 1. The molecule has 0 atom stereocenters. The molecule has 4 nitrogen and oxygen atoms in total. The lowest BCUT2D eigenvalue weighted by Gasteiger charge is -2.16. The highest BCUT2D eigenvalue weighted by Crippen LogP contribution is 2.29. The Labute approximate surface area is 143 Å². The molecule has 24 heavy (non-hydrogen) atoms. The van der Waals surface area contributed by atoms with Gasteiger partial charge in [-0.15, -0.1) is 0 Å². The normalized spacial score (nSPS) is 10.6. The van der Waals surface area contributed by atoms with Crippen molar-refractivity contribution in [3.05, 3.63) is 53.1 Å². The summed E-state index contributed by atoms with van der Waals surface area (Å²) in [4.78, 5) is 12.5. The van der Waals surface area contributed by atoms with Gasteiger partial charge in [0, 0.05) is 5.69 Å². The highest BCUT2D eigenvalue weighted by atomic mass is 16.5. The van der Waals surface area contributed by atoms with Gasteiger partial charge in [0.25, 0.3) is 0 Å². The first-order valence-electron chi connectivity index (χ1n) is 8.06. The number of ether oxygens (including phenoxy) is 2. The number of hydrogen-bond acceptors (Lipinski definition) is 3. The fraction of sp³-hybridized carbons (Fsp3) is 0.350. The highest BCUT2D eigenvalue weighted by Gasteiger charge is 2.13. The van der Waals surface area contributed by atoms with Crippen molar-refractivity contribution in [2.45, 2.75) is 33.1 Å². The first-order chi connectivity index (χ1) is 11.5. The van der Waals surface area contributed by atoms with Crippen LogP contribution in [0.15, 0.2) is 36.4 Å². The number of para-hydroxylation sites is 1. The average Bonchev–Trinajstić information content (AvgIpc) is 2.56. The van der Waals surface area contributed by atoms with E-state index in [-0.39, 0.29) is 12.3 Å². The lowest BCUT2D eigenvalue weighted by Crippen LogP contribution is -2.17. The number of nitrogens with one attached hydrogen (secondary N) is 1. The van der Waals surface area contributed by atoms with Crippen molar-refractivity contribution in [2.24, 2.45) is 0 Å². The minimum absolute atomic E-state index is 0.0431. The fourth-order valence-electron chi connectivity index (χ4n) is 2.70. The molecule has 2 rings (SSSR count). The summed E-state index contributed by atoms with van der Waals surface area (Å²) in [6.45, 7) is 6.26. The minimum atomic E-state index is -0.0431. The average molecular weight is 327 g/mol. The molecule has 0 aliphatic rings. The van der Waals surface area contributed by atoms with Crippen LogP contribution < -0.4 is 14.8 Å². The topological polar surface area (TPSA) is 47.6 Å². The van der Waals surface area contributed by atoms with Crippen LogP contribution in [-0.4, -0.2) is 20.1 Å². The predicted octanol–water partition coefficient (Wildman–Crippen LogP) is 4.32. The second-order valence-electron chi connectivity index (χ2n) is 6.11. The van der Waals surface area contributed by atoms with Crippen molar-refractivity contribution in [1.82, 2.24) is 0 Å². The van der Waals surface area contributed by atoms with Gasteiger partial charge in [-0.05, 0) is 41.7 Å². The van der Waals surface area contributed by atoms with E-state index in [2.05, 4.69) is 25.2 Å². The zero-order valence-corrected chi connectivity index (χ0v) is 15.0. The molecule has 0 saturated carbocycles. The molecule has 0 bridgehead atoms. The molecule has 1 amide bonds. The van der Waals surface area contributed by atoms with Crippen LogP contribution in [0.1, 0.15) is 36.5 Å². The van der Waals surface area contributed by atoms with E-state index in [1.54, 1.807) is 14.2 Å². The largest absolute Gasteiger partial charge is 0.493 e. The number of anilines is 1. The number of carbonyl (C=O) groups excluding carboxylic acids is 1. The maximum Gasteiger partial charge on any atom is 0.228 e. The third-order valence-corrected chi connectivity index (χ3v) is 4.00. The molecule has 0 unspecified atom stereocenters. The summed E-state index contributed by atoms with van der Waals surface area (Å²) in [5.41, 5.74) is 4.01. The Balaban J connectivity index is 2.17. The number of amides is 1. The molecule has 0 aliphatic heterocycles. The summed E-state index contributed by atoms with van der Waals surface area (Å²) < 4.78 is 10.5. The molecular formula is C20H25NO3. The Morgan fingerprint density at radius 2 is 1.79 bits per heavy atom. The Kier molecular flexibility index (Phi) is 5.85. The lowest BCUT2D eigenvalue weighted by molar-refractivity contribution is -0.115. The van der Waals surface area contributed by atoms with Gasteiger partial charge in [0.1, 0.15) is 0 Å². The molecule has 0 fully saturated rings. The summed E-state index contributed by atoms with van der Waals surface area (Å²) in [6.07, 6.45) is 0.284. The molecule has 0 heterocycles. The Hall–Kier alpha value is -2.49. The van der Waals surface area contributed by atoms with Gasteiger partial charge < -0.3 is 14.8 Å². The first-order valence-corrected chi connectivity index (χ1v) is 8.06. The highest BCUT2D eigenvalue weighted by molar-refractivity contribution is 5.94. The predicted molar refractivity (Wildman–Crippen MR) is 97.1 cm³/mol. The molecule has 0 aromatic heterocycles. The van der Waals surface area contributed by atoms with Gasteiger partial charge in [0.05, 0.1) is 20.6 Å². The van der Waals surface area contributed by atoms with Crippen LogP contribution in [0.25, 0.3) is 0 Å². The van der Waals surface area contributed by atoms with E-state index >= 15 is 0 Å². The van der Waals surface area contributed by atoms with Crippen molar-refractivity contribution in [3.8, 4) is 11.5 Å².